The minimum absolute atomic E-state index is 0.0802. The van der Waals surface area contributed by atoms with Gasteiger partial charge in [-0.25, -0.2) is 5.43 Å². The standard InChI is InChI=1S/C21H16ClN3O4/c22-18-7-1-16(2-8-18)14-29-20-11-3-15(4-12-20)13-23-24-21(26)17-5-9-19(10-6-17)25(27)28/h1-13H,14H2,(H,24,26)/b23-13-. The number of carbonyl (C=O) groups is 1. The Morgan fingerprint density at radius 3 is 2.31 bits per heavy atom. The first-order valence-corrected chi connectivity index (χ1v) is 8.94. The second kappa shape index (κ2) is 9.48. The number of carbonyl (C=O) groups excluding carboxylic acids is 1. The maximum Gasteiger partial charge on any atom is 0.271 e. The van der Waals surface area contributed by atoms with Crippen molar-refractivity contribution in [1.29, 1.82) is 0 Å². The molecule has 0 atom stereocenters. The van der Waals surface area contributed by atoms with E-state index in [1.165, 1.54) is 30.5 Å². The Balaban J connectivity index is 1.50. The van der Waals surface area contributed by atoms with Crippen LogP contribution in [0.1, 0.15) is 21.5 Å². The van der Waals surface area contributed by atoms with E-state index in [1.807, 2.05) is 24.3 Å². The van der Waals surface area contributed by atoms with E-state index in [0.29, 0.717) is 17.4 Å². The Morgan fingerprint density at radius 1 is 1.03 bits per heavy atom. The zero-order valence-electron chi connectivity index (χ0n) is 15.1. The van der Waals surface area contributed by atoms with Crippen molar-refractivity contribution in [3.63, 3.8) is 0 Å². The highest BCUT2D eigenvalue weighted by Gasteiger charge is 2.08. The fourth-order valence-electron chi connectivity index (χ4n) is 2.36. The van der Waals surface area contributed by atoms with Gasteiger partial charge in [-0.1, -0.05) is 23.7 Å². The van der Waals surface area contributed by atoms with Gasteiger partial charge in [0.2, 0.25) is 0 Å². The quantitative estimate of drug-likeness (QED) is 0.351. The van der Waals surface area contributed by atoms with Crippen LogP contribution in [0.2, 0.25) is 5.02 Å². The number of non-ortho nitro benzene ring substituents is 1. The van der Waals surface area contributed by atoms with Crippen molar-refractivity contribution in [2.45, 2.75) is 6.61 Å². The molecular weight excluding hydrogens is 394 g/mol. The lowest BCUT2D eigenvalue weighted by Crippen LogP contribution is -2.17. The van der Waals surface area contributed by atoms with Gasteiger partial charge in [0.15, 0.2) is 0 Å². The van der Waals surface area contributed by atoms with Gasteiger partial charge >= 0.3 is 0 Å². The molecule has 1 N–H and O–H groups in total. The van der Waals surface area contributed by atoms with Crippen molar-refractivity contribution in [3.8, 4) is 5.75 Å². The minimum atomic E-state index is -0.525. The van der Waals surface area contributed by atoms with Crippen LogP contribution < -0.4 is 10.2 Å². The molecule has 3 aromatic rings. The van der Waals surface area contributed by atoms with Crippen molar-refractivity contribution in [2.75, 3.05) is 0 Å². The molecule has 0 fully saturated rings. The first-order chi connectivity index (χ1) is 14.0. The summed E-state index contributed by atoms with van der Waals surface area (Å²) in [6.07, 6.45) is 1.49. The highest BCUT2D eigenvalue weighted by molar-refractivity contribution is 6.30. The predicted molar refractivity (Wildman–Crippen MR) is 110 cm³/mol. The van der Waals surface area contributed by atoms with E-state index in [4.69, 9.17) is 16.3 Å². The highest BCUT2D eigenvalue weighted by atomic mass is 35.5. The van der Waals surface area contributed by atoms with Crippen molar-refractivity contribution in [1.82, 2.24) is 5.43 Å². The van der Waals surface area contributed by atoms with E-state index in [2.05, 4.69) is 10.5 Å². The predicted octanol–water partition coefficient (Wildman–Crippen LogP) is 4.59. The lowest BCUT2D eigenvalue weighted by atomic mass is 10.2. The number of amides is 1. The van der Waals surface area contributed by atoms with Gasteiger partial charge in [0, 0.05) is 22.7 Å². The van der Waals surface area contributed by atoms with Gasteiger partial charge in [0.25, 0.3) is 11.6 Å². The van der Waals surface area contributed by atoms with Crippen molar-refractivity contribution in [2.24, 2.45) is 5.10 Å². The number of benzene rings is 3. The first-order valence-electron chi connectivity index (χ1n) is 8.56. The molecule has 0 aromatic heterocycles. The Kier molecular flexibility index (Phi) is 6.55. The van der Waals surface area contributed by atoms with Crippen LogP contribution in [0.4, 0.5) is 5.69 Å². The maximum atomic E-state index is 12.0. The molecule has 0 aliphatic rings. The Labute approximate surface area is 171 Å². The number of nitrogens with zero attached hydrogens (tertiary/aromatic N) is 2. The van der Waals surface area contributed by atoms with Crippen LogP contribution in [0.3, 0.4) is 0 Å². The summed E-state index contributed by atoms with van der Waals surface area (Å²) in [6, 6.07) is 19.9. The number of hydrogen-bond acceptors (Lipinski definition) is 5. The molecule has 3 aromatic carbocycles. The molecule has 146 valence electrons. The molecular formula is C21H16ClN3O4. The summed E-state index contributed by atoms with van der Waals surface area (Å²) in [5, 5.41) is 15.2. The molecule has 0 bridgehead atoms. The Morgan fingerprint density at radius 2 is 1.69 bits per heavy atom. The van der Waals surface area contributed by atoms with Gasteiger partial charge in [-0.3, -0.25) is 14.9 Å². The summed E-state index contributed by atoms with van der Waals surface area (Å²) >= 11 is 5.86. The van der Waals surface area contributed by atoms with Crippen LogP contribution in [0.25, 0.3) is 0 Å². The third-order valence-corrected chi connectivity index (χ3v) is 4.17. The number of hydrazone groups is 1. The third-order valence-electron chi connectivity index (χ3n) is 3.92. The molecule has 0 saturated heterocycles. The van der Waals surface area contributed by atoms with Gasteiger partial charge in [-0.2, -0.15) is 5.10 Å². The lowest BCUT2D eigenvalue weighted by molar-refractivity contribution is -0.384. The monoisotopic (exact) mass is 409 g/mol. The molecule has 0 spiro atoms. The number of ether oxygens (including phenoxy) is 1. The van der Waals surface area contributed by atoms with Gasteiger partial charge in [-0.15, -0.1) is 0 Å². The van der Waals surface area contributed by atoms with Gasteiger partial charge in [0.05, 0.1) is 11.1 Å². The van der Waals surface area contributed by atoms with E-state index in [-0.39, 0.29) is 11.3 Å². The topological polar surface area (TPSA) is 93.8 Å². The number of rotatable bonds is 7. The molecule has 29 heavy (non-hydrogen) atoms. The summed E-state index contributed by atoms with van der Waals surface area (Å²) in [5.41, 5.74) is 4.36. The zero-order valence-corrected chi connectivity index (χ0v) is 15.9. The summed E-state index contributed by atoms with van der Waals surface area (Å²) < 4.78 is 5.71. The van der Waals surface area contributed by atoms with Crippen LogP contribution in [0, 0.1) is 10.1 Å². The van der Waals surface area contributed by atoms with Crippen LogP contribution in [0.15, 0.2) is 77.9 Å². The number of halogens is 1. The molecule has 0 aliphatic heterocycles. The van der Waals surface area contributed by atoms with Crippen molar-refractivity contribution >= 4 is 29.4 Å². The van der Waals surface area contributed by atoms with Gasteiger partial charge < -0.3 is 4.74 Å². The number of nitrogens with one attached hydrogen (secondary N) is 1. The number of nitro groups is 1. The second-order valence-electron chi connectivity index (χ2n) is 5.99. The van der Waals surface area contributed by atoms with Crippen LogP contribution >= 0.6 is 11.6 Å². The minimum Gasteiger partial charge on any atom is -0.489 e. The highest BCUT2D eigenvalue weighted by Crippen LogP contribution is 2.15. The van der Waals surface area contributed by atoms with E-state index >= 15 is 0 Å². The molecule has 8 heteroatoms. The van der Waals surface area contributed by atoms with Crippen LogP contribution in [-0.4, -0.2) is 17.0 Å². The molecule has 3 rings (SSSR count). The third kappa shape index (κ3) is 5.88. The molecule has 0 heterocycles. The van der Waals surface area contributed by atoms with Crippen molar-refractivity contribution in [3.05, 3.63) is 105 Å². The van der Waals surface area contributed by atoms with Crippen LogP contribution in [0.5, 0.6) is 5.75 Å². The fourth-order valence-corrected chi connectivity index (χ4v) is 2.49. The molecule has 7 nitrogen and oxygen atoms in total. The number of hydrogen-bond donors (Lipinski definition) is 1. The normalized spacial score (nSPS) is 10.7. The zero-order chi connectivity index (χ0) is 20.6. The summed E-state index contributed by atoms with van der Waals surface area (Å²) in [4.78, 5) is 22.1. The summed E-state index contributed by atoms with van der Waals surface area (Å²) in [6.45, 7) is 0.426. The lowest BCUT2D eigenvalue weighted by Gasteiger charge is -2.06. The average Bonchev–Trinajstić information content (AvgIpc) is 2.74. The average molecular weight is 410 g/mol. The SMILES string of the molecule is O=C(N/N=C\c1ccc(OCc2ccc(Cl)cc2)cc1)c1ccc([N+](=O)[O-])cc1. The largest absolute Gasteiger partial charge is 0.489 e. The van der Waals surface area contributed by atoms with Crippen molar-refractivity contribution < 1.29 is 14.5 Å². The number of nitro benzene ring substituents is 1. The van der Waals surface area contributed by atoms with E-state index in [1.54, 1.807) is 24.3 Å². The fraction of sp³-hybridized carbons (Fsp3) is 0.0476. The van der Waals surface area contributed by atoms with Gasteiger partial charge in [0.1, 0.15) is 12.4 Å². The molecule has 0 unspecified atom stereocenters. The van der Waals surface area contributed by atoms with E-state index < -0.39 is 10.8 Å². The maximum absolute atomic E-state index is 12.0. The van der Waals surface area contributed by atoms with Gasteiger partial charge in [-0.05, 0) is 59.7 Å². The van der Waals surface area contributed by atoms with E-state index in [9.17, 15) is 14.9 Å². The summed E-state index contributed by atoms with van der Waals surface area (Å²) in [5.74, 6) is 0.242. The van der Waals surface area contributed by atoms with Crippen LogP contribution in [-0.2, 0) is 6.61 Å². The Hall–Kier alpha value is -3.71. The van der Waals surface area contributed by atoms with E-state index in [0.717, 1.165) is 11.1 Å². The second-order valence-corrected chi connectivity index (χ2v) is 6.42. The summed E-state index contributed by atoms with van der Waals surface area (Å²) in [7, 11) is 0. The molecule has 0 radical (unpaired) electrons. The Bertz CT molecular complexity index is 1020. The molecule has 0 aliphatic carbocycles. The first kappa shape index (κ1) is 20.0. The molecule has 0 saturated carbocycles. The smallest absolute Gasteiger partial charge is 0.271 e. The molecule has 1 amide bonds.